The summed E-state index contributed by atoms with van der Waals surface area (Å²) in [5.41, 5.74) is 4.00. The van der Waals surface area contributed by atoms with E-state index in [9.17, 15) is 9.59 Å². The van der Waals surface area contributed by atoms with Crippen LogP contribution in [0, 0.1) is 13.8 Å². The number of rotatable bonds is 12. The standard InChI is InChI=1S/C30H36N2O3/c1-4-5-18-31-30(34)27(20-25-12-8-6-9-13-25)32(21-26-14-10-7-11-15-26)29(33)22-35-28-19-23(2)16-17-24(28)3/h6-17,19,27H,4-5,18,20-22H2,1-3H3,(H,31,34)/t27-/m0/s1. The molecule has 184 valence electrons. The Bertz CT molecular complexity index is 1080. The van der Waals surface area contributed by atoms with Gasteiger partial charge in [0.1, 0.15) is 11.8 Å². The molecule has 1 atom stereocenters. The first-order valence-corrected chi connectivity index (χ1v) is 12.3. The van der Waals surface area contributed by atoms with Crippen molar-refractivity contribution in [3.63, 3.8) is 0 Å². The van der Waals surface area contributed by atoms with Gasteiger partial charge in [-0.3, -0.25) is 9.59 Å². The zero-order valence-electron chi connectivity index (χ0n) is 21.0. The van der Waals surface area contributed by atoms with Crippen LogP contribution in [-0.2, 0) is 22.6 Å². The predicted octanol–water partition coefficient (Wildman–Crippen LogP) is 5.24. The van der Waals surface area contributed by atoms with Crippen LogP contribution in [0.3, 0.4) is 0 Å². The van der Waals surface area contributed by atoms with Gasteiger partial charge in [-0.15, -0.1) is 0 Å². The van der Waals surface area contributed by atoms with E-state index in [0.29, 0.717) is 25.3 Å². The minimum atomic E-state index is -0.649. The lowest BCUT2D eigenvalue weighted by Crippen LogP contribution is -2.51. The Labute approximate surface area is 209 Å². The number of unbranched alkanes of at least 4 members (excludes halogenated alkanes) is 1. The lowest BCUT2D eigenvalue weighted by atomic mass is 10.0. The van der Waals surface area contributed by atoms with Gasteiger partial charge in [0.15, 0.2) is 6.61 Å². The largest absolute Gasteiger partial charge is 0.483 e. The summed E-state index contributed by atoms with van der Waals surface area (Å²) in [5, 5.41) is 3.04. The van der Waals surface area contributed by atoms with Crippen LogP contribution in [0.1, 0.15) is 42.0 Å². The van der Waals surface area contributed by atoms with E-state index in [1.54, 1.807) is 4.90 Å². The normalized spacial score (nSPS) is 11.5. The second kappa shape index (κ2) is 13.3. The number of amides is 2. The number of benzene rings is 3. The van der Waals surface area contributed by atoms with Crippen LogP contribution in [0.5, 0.6) is 5.75 Å². The van der Waals surface area contributed by atoms with Crippen molar-refractivity contribution in [3.05, 3.63) is 101 Å². The van der Waals surface area contributed by atoms with Crippen molar-refractivity contribution in [1.29, 1.82) is 0 Å². The average Bonchev–Trinajstić information content (AvgIpc) is 2.87. The van der Waals surface area contributed by atoms with Gasteiger partial charge >= 0.3 is 0 Å². The fourth-order valence-electron chi connectivity index (χ4n) is 3.93. The van der Waals surface area contributed by atoms with E-state index in [1.165, 1.54) is 0 Å². The zero-order valence-corrected chi connectivity index (χ0v) is 21.0. The summed E-state index contributed by atoms with van der Waals surface area (Å²) < 4.78 is 5.95. The number of hydrogen-bond donors (Lipinski definition) is 1. The zero-order chi connectivity index (χ0) is 25.0. The number of nitrogens with zero attached hydrogens (tertiary/aromatic N) is 1. The lowest BCUT2D eigenvalue weighted by Gasteiger charge is -2.31. The number of ether oxygens (including phenoxy) is 1. The molecular formula is C30H36N2O3. The first kappa shape index (κ1) is 26.0. The molecule has 0 radical (unpaired) electrons. The molecule has 0 aromatic heterocycles. The van der Waals surface area contributed by atoms with E-state index in [1.807, 2.05) is 92.7 Å². The molecule has 0 saturated carbocycles. The Hall–Kier alpha value is -3.60. The van der Waals surface area contributed by atoms with E-state index in [-0.39, 0.29) is 18.4 Å². The van der Waals surface area contributed by atoms with Crippen LogP contribution in [-0.4, -0.2) is 35.9 Å². The van der Waals surface area contributed by atoms with Gasteiger partial charge < -0.3 is 15.0 Å². The van der Waals surface area contributed by atoms with E-state index in [4.69, 9.17) is 4.74 Å². The van der Waals surface area contributed by atoms with Crippen molar-refractivity contribution in [2.45, 2.75) is 52.6 Å². The highest BCUT2D eigenvalue weighted by molar-refractivity contribution is 5.88. The highest BCUT2D eigenvalue weighted by Gasteiger charge is 2.30. The maximum Gasteiger partial charge on any atom is 0.261 e. The molecule has 0 unspecified atom stereocenters. The Balaban J connectivity index is 1.88. The Morgan fingerprint density at radius 3 is 2.23 bits per heavy atom. The van der Waals surface area contributed by atoms with Crippen LogP contribution < -0.4 is 10.1 Å². The molecule has 5 heteroatoms. The van der Waals surface area contributed by atoms with Crippen LogP contribution >= 0.6 is 0 Å². The molecule has 5 nitrogen and oxygen atoms in total. The van der Waals surface area contributed by atoms with Gasteiger partial charge in [-0.1, -0.05) is 86.1 Å². The van der Waals surface area contributed by atoms with Crippen molar-refractivity contribution in [3.8, 4) is 5.75 Å². The van der Waals surface area contributed by atoms with Gasteiger partial charge in [0.2, 0.25) is 5.91 Å². The molecule has 3 rings (SSSR count). The van der Waals surface area contributed by atoms with Crippen molar-refractivity contribution in [2.75, 3.05) is 13.2 Å². The maximum absolute atomic E-state index is 13.6. The minimum absolute atomic E-state index is 0.134. The molecular weight excluding hydrogens is 436 g/mol. The topological polar surface area (TPSA) is 58.6 Å². The number of carbonyl (C=O) groups excluding carboxylic acids is 2. The van der Waals surface area contributed by atoms with E-state index >= 15 is 0 Å². The van der Waals surface area contributed by atoms with Crippen LogP contribution in [0.15, 0.2) is 78.9 Å². The molecule has 0 aliphatic carbocycles. The quantitative estimate of drug-likeness (QED) is 0.367. The van der Waals surface area contributed by atoms with E-state index in [0.717, 1.165) is 35.1 Å². The third-order valence-corrected chi connectivity index (χ3v) is 5.99. The van der Waals surface area contributed by atoms with Crippen molar-refractivity contribution in [2.24, 2.45) is 0 Å². The second-order valence-electron chi connectivity index (χ2n) is 8.91. The van der Waals surface area contributed by atoms with Crippen LogP contribution in [0.2, 0.25) is 0 Å². The Kier molecular flexibility index (Phi) is 9.91. The molecule has 0 aliphatic heterocycles. The Morgan fingerprint density at radius 2 is 1.57 bits per heavy atom. The summed E-state index contributed by atoms with van der Waals surface area (Å²) in [6.45, 7) is 6.82. The molecule has 3 aromatic rings. The smallest absolute Gasteiger partial charge is 0.261 e. The van der Waals surface area contributed by atoms with Crippen LogP contribution in [0.4, 0.5) is 0 Å². The first-order chi connectivity index (χ1) is 17.0. The Morgan fingerprint density at radius 1 is 0.914 bits per heavy atom. The van der Waals surface area contributed by atoms with E-state index < -0.39 is 6.04 Å². The fourth-order valence-corrected chi connectivity index (χ4v) is 3.93. The second-order valence-corrected chi connectivity index (χ2v) is 8.91. The van der Waals surface area contributed by atoms with E-state index in [2.05, 4.69) is 12.2 Å². The molecule has 0 spiro atoms. The number of hydrogen-bond acceptors (Lipinski definition) is 3. The summed E-state index contributed by atoms with van der Waals surface area (Å²) >= 11 is 0. The van der Waals surface area contributed by atoms with Crippen molar-refractivity contribution >= 4 is 11.8 Å². The highest BCUT2D eigenvalue weighted by atomic mass is 16.5. The summed E-state index contributed by atoms with van der Waals surface area (Å²) in [6, 6.07) is 24.9. The number of carbonyl (C=O) groups is 2. The molecule has 0 saturated heterocycles. The van der Waals surface area contributed by atoms with Crippen LogP contribution in [0.25, 0.3) is 0 Å². The molecule has 0 aliphatic rings. The maximum atomic E-state index is 13.6. The summed E-state index contributed by atoms with van der Waals surface area (Å²) in [6.07, 6.45) is 2.31. The molecule has 0 fully saturated rings. The molecule has 3 aromatic carbocycles. The van der Waals surface area contributed by atoms with Gasteiger partial charge in [-0.05, 0) is 48.6 Å². The van der Waals surface area contributed by atoms with Gasteiger partial charge in [0.25, 0.3) is 5.91 Å². The SMILES string of the molecule is CCCCNC(=O)[C@H](Cc1ccccc1)N(Cc1ccccc1)C(=O)COc1cc(C)ccc1C. The third kappa shape index (κ3) is 7.99. The van der Waals surface area contributed by atoms with Crippen molar-refractivity contribution < 1.29 is 14.3 Å². The molecule has 1 N–H and O–H groups in total. The fraction of sp³-hybridized carbons (Fsp3) is 0.333. The average molecular weight is 473 g/mol. The summed E-state index contributed by atoms with van der Waals surface area (Å²) in [4.78, 5) is 28.7. The van der Waals surface area contributed by atoms with Gasteiger partial charge in [-0.25, -0.2) is 0 Å². The monoisotopic (exact) mass is 472 g/mol. The van der Waals surface area contributed by atoms with Crippen molar-refractivity contribution in [1.82, 2.24) is 10.2 Å². The molecule has 2 amide bonds. The molecule has 35 heavy (non-hydrogen) atoms. The molecule has 0 bridgehead atoms. The van der Waals surface area contributed by atoms with Gasteiger partial charge in [0, 0.05) is 19.5 Å². The predicted molar refractivity (Wildman–Crippen MR) is 140 cm³/mol. The highest BCUT2D eigenvalue weighted by Crippen LogP contribution is 2.20. The minimum Gasteiger partial charge on any atom is -0.483 e. The number of nitrogens with one attached hydrogen (secondary N) is 1. The summed E-state index contributed by atoms with van der Waals surface area (Å²) in [7, 11) is 0. The van der Waals surface area contributed by atoms with Gasteiger partial charge in [0.05, 0.1) is 0 Å². The first-order valence-electron chi connectivity index (χ1n) is 12.3. The summed E-state index contributed by atoms with van der Waals surface area (Å²) in [5.74, 6) is 0.324. The number of aryl methyl sites for hydroxylation is 2. The molecule has 0 heterocycles. The van der Waals surface area contributed by atoms with Gasteiger partial charge in [-0.2, -0.15) is 0 Å². The third-order valence-electron chi connectivity index (χ3n) is 5.99. The lowest BCUT2D eigenvalue weighted by molar-refractivity contribution is -0.142.